The molecule has 1 aliphatic rings. The van der Waals surface area contributed by atoms with Crippen LogP contribution in [0.2, 0.25) is 0 Å². The molecule has 0 aliphatic carbocycles. The molecule has 92 valence electrons. The number of nitro groups is 1. The van der Waals surface area contributed by atoms with Gasteiger partial charge in [-0.2, -0.15) is 0 Å². The van der Waals surface area contributed by atoms with Gasteiger partial charge in [-0.1, -0.05) is 0 Å². The van der Waals surface area contributed by atoms with Gasteiger partial charge in [0.2, 0.25) is 0 Å². The molecule has 1 saturated heterocycles. The van der Waals surface area contributed by atoms with Gasteiger partial charge >= 0.3 is 0 Å². The van der Waals surface area contributed by atoms with Gasteiger partial charge in [0, 0.05) is 23.9 Å². The van der Waals surface area contributed by atoms with Crippen molar-refractivity contribution < 1.29 is 4.92 Å². The molecule has 1 aromatic carbocycles. The van der Waals surface area contributed by atoms with Crippen LogP contribution in [-0.2, 0) is 0 Å². The Kier molecular flexibility index (Phi) is 3.58. The third-order valence-electron chi connectivity index (χ3n) is 2.98. The van der Waals surface area contributed by atoms with E-state index in [0.717, 1.165) is 37.2 Å². The van der Waals surface area contributed by atoms with Gasteiger partial charge in [-0.15, -0.1) is 0 Å². The normalized spacial score (nSPS) is 16.8. The third-order valence-corrected chi connectivity index (χ3v) is 2.98. The number of anilines is 1. The molecular formula is C12H17N3O2. The first-order chi connectivity index (χ1) is 8.15. The highest BCUT2D eigenvalue weighted by atomic mass is 16.6. The highest BCUT2D eigenvalue weighted by Gasteiger charge is 2.14. The quantitative estimate of drug-likeness (QED) is 0.621. The van der Waals surface area contributed by atoms with Crippen molar-refractivity contribution >= 4 is 11.4 Å². The minimum Gasteiger partial charge on any atom is -0.382 e. The van der Waals surface area contributed by atoms with E-state index in [0.29, 0.717) is 6.04 Å². The van der Waals surface area contributed by atoms with E-state index in [2.05, 4.69) is 10.6 Å². The fourth-order valence-electron chi connectivity index (χ4n) is 2.15. The molecule has 5 heteroatoms. The Morgan fingerprint density at radius 3 is 2.71 bits per heavy atom. The summed E-state index contributed by atoms with van der Waals surface area (Å²) in [5.74, 6) is 0. The summed E-state index contributed by atoms with van der Waals surface area (Å²) in [4.78, 5) is 10.4. The van der Waals surface area contributed by atoms with E-state index >= 15 is 0 Å². The van der Waals surface area contributed by atoms with Crippen molar-refractivity contribution in [1.82, 2.24) is 5.32 Å². The SMILES string of the molecule is Cc1cc(NC2CCNCC2)cc([N+](=O)[O-])c1. The average molecular weight is 235 g/mol. The lowest BCUT2D eigenvalue weighted by Crippen LogP contribution is -2.35. The van der Waals surface area contributed by atoms with Crippen LogP contribution >= 0.6 is 0 Å². The number of nitrogens with zero attached hydrogens (tertiary/aromatic N) is 1. The third kappa shape index (κ3) is 3.17. The van der Waals surface area contributed by atoms with Gasteiger partial charge in [-0.3, -0.25) is 10.1 Å². The summed E-state index contributed by atoms with van der Waals surface area (Å²) in [6.07, 6.45) is 2.11. The van der Waals surface area contributed by atoms with E-state index in [1.807, 2.05) is 13.0 Å². The Balaban J connectivity index is 2.11. The summed E-state index contributed by atoms with van der Waals surface area (Å²) in [6, 6.07) is 5.56. The minimum absolute atomic E-state index is 0.154. The number of hydrogen-bond acceptors (Lipinski definition) is 4. The molecule has 0 atom stereocenters. The van der Waals surface area contributed by atoms with Crippen molar-refractivity contribution in [3.63, 3.8) is 0 Å². The fourth-order valence-corrected chi connectivity index (χ4v) is 2.15. The second-order valence-corrected chi connectivity index (χ2v) is 4.48. The number of aryl methyl sites for hydroxylation is 1. The van der Waals surface area contributed by atoms with Gasteiger partial charge in [0.25, 0.3) is 5.69 Å². The first-order valence-corrected chi connectivity index (χ1v) is 5.88. The Morgan fingerprint density at radius 1 is 1.35 bits per heavy atom. The van der Waals surface area contributed by atoms with Crippen molar-refractivity contribution in [3.8, 4) is 0 Å². The van der Waals surface area contributed by atoms with Crippen molar-refractivity contribution in [3.05, 3.63) is 33.9 Å². The lowest BCUT2D eigenvalue weighted by molar-refractivity contribution is -0.384. The predicted octanol–water partition coefficient (Wildman–Crippen LogP) is 2.07. The van der Waals surface area contributed by atoms with E-state index < -0.39 is 0 Å². The molecule has 0 saturated carbocycles. The zero-order valence-electron chi connectivity index (χ0n) is 9.90. The zero-order chi connectivity index (χ0) is 12.3. The van der Waals surface area contributed by atoms with E-state index in [4.69, 9.17) is 0 Å². The zero-order valence-corrected chi connectivity index (χ0v) is 9.90. The number of nitro benzene ring substituents is 1. The van der Waals surface area contributed by atoms with E-state index in [9.17, 15) is 10.1 Å². The number of non-ortho nitro benzene ring substituents is 1. The highest BCUT2D eigenvalue weighted by molar-refractivity contribution is 5.54. The molecule has 1 heterocycles. The number of rotatable bonds is 3. The Bertz CT molecular complexity index is 414. The monoisotopic (exact) mass is 235 g/mol. The Hall–Kier alpha value is -1.62. The number of benzene rings is 1. The molecule has 0 bridgehead atoms. The maximum atomic E-state index is 10.8. The molecule has 1 fully saturated rings. The molecule has 5 nitrogen and oxygen atoms in total. The topological polar surface area (TPSA) is 67.2 Å². The molecule has 2 N–H and O–H groups in total. The van der Waals surface area contributed by atoms with Crippen LogP contribution in [-0.4, -0.2) is 24.1 Å². The van der Waals surface area contributed by atoms with Crippen LogP contribution in [0.3, 0.4) is 0 Å². The standard InChI is InChI=1S/C12H17N3O2/c1-9-6-11(8-12(7-9)15(16)17)14-10-2-4-13-5-3-10/h6-8,10,13-14H,2-5H2,1H3. The number of hydrogen-bond donors (Lipinski definition) is 2. The summed E-state index contributed by atoms with van der Waals surface area (Å²) >= 11 is 0. The van der Waals surface area contributed by atoms with Gasteiger partial charge in [0.15, 0.2) is 0 Å². The van der Waals surface area contributed by atoms with Crippen LogP contribution in [0.15, 0.2) is 18.2 Å². The maximum absolute atomic E-state index is 10.8. The summed E-state index contributed by atoms with van der Waals surface area (Å²) in [5, 5.41) is 17.4. The van der Waals surface area contributed by atoms with E-state index in [1.54, 1.807) is 12.1 Å². The molecule has 1 aliphatic heterocycles. The lowest BCUT2D eigenvalue weighted by atomic mass is 10.1. The van der Waals surface area contributed by atoms with Crippen LogP contribution in [0.25, 0.3) is 0 Å². The lowest BCUT2D eigenvalue weighted by Gasteiger charge is -2.24. The maximum Gasteiger partial charge on any atom is 0.271 e. The van der Waals surface area contributed by atoms with Crippen molar-refractivity contribution in [2.45, 2.75) is 25.8 Å². The number of piperidine rings is 1. The first-order valence-electron chi connectivity index (χ1n) is 5.88. The molecule has 2 rings (SSSR count). The van der Waals surface area contributed by atoms with Gasteiger partial charge in [-0.25, -0.2) is 0 Å². The summed E-state index contributed by atoms with van der Waals surface area (Å²) in [7, 11) is 0. The Morgan fingerprint density at radius 2 is 2.06 bits per heavy atom. The molecular weight excluding hydrogens is 218 g/mol. The van der Waals surface area contributed by atoms with Crippen LogP contribution < -0.4 is 10.6 Å². The summed E-state index contributed by atoms with van der Waals surface area (Å²) < 4.78 is 0. The second-order valence-electron chi connectivity index (χ2n) is 4.48. The summed E-state index contributed by atoms with van der Waals surface area (Å²) in [6.45, 7) is 3.89. The van der Waals surface area contributed by atoms with Gasteiger partial charge in [0.05, 0.1) is 4.92 Å². The highest BCUT2D eigenvalue weighted by Crippen LogP contribution is 2.22. The number of nitrogens with one attached hydrogen (secondary N) is 2. The molecule has 1 aromatic rings. The average Bonchev–Trinajstić information content (AvgIpc) is 2.29. The largest absolute Gasteiger partial charge is 0.382 e. The van der Waals surface area contributed by atoms with E-state index in [1.165, 1.54) is 0 Å². The predicted molar refractivity (Wildman–Crippen MR) is 67.3 cm³/mol. The second kappa shape index (κ2) is 5.14. The smallest absolute Gasteiger partial charge is 0.271 e. The minimum atomic E-state index is -0.347. The molecule has 0 radical (unpaired) electrons. The first kappa shape index (κ1) is 11.9. The van der Waals surface area contributed by atoms with Gasteiger partial charge in [0.1, 0.15) is 0 Å². The van der Waals surface area contributed by atoms with Crippen LogP contribution in [0.4, 0.5) is 11.4 Å². The molecule has 0 unspecified atom stereocenters. The van der Waals surface area contributed by atoms with Crippen molar-refractivity contribution in [2.75, 3.05) is 18.4 Å². The van der Waals surface area contributed by atoms with Gasteiger partial charge in [-0.05, 0) is 44.5 Å². The van der Waals surface area contributed by atoms with Crippen molar-refractivity contribution in [1.29, 1.82) is 0 Å². The van der Waals surface area contributed by atoms with Crippen LogP contribution in [0.5, 0.6) is 0 Å². The molecule has 17 heavy (non-hydrogen) atoms. The molecule has 0 aromatic heterocycles. The molecule has 0 spiro atoms. The van der Waals surface area contributed by atoms with E-state index in [-0.39, 0.29) is 10.6 Å². The molecule has 0 amide bonds. The Labute approximate surface area is 100 Å². The van der Waals surface area contributed by atoms with Crippen LogP contribution in [0.1, 0.15) is 18.4 Å². The fraction of sp³-hybridized carbons (Fsp3) is 0.500. The van der Waals surface area contributed by atoms with Gasteiger partial charge < -0.3 is 10.6 Å². The van der Waals surface area contributed by atoms with Crippen LogP contribution in [0, 0.1) is 17.0 Å². The summed E-state index contributed by atoms with van der Waals surface area (Å²) in [5.41, 5.74) is 1.92. The van der Waals surface area contributed by atoms with Crippen molar-refractivity contribution in [2.24, 2.45) is 0 Å².